The van der Waals surface area contributed by atoms with E-state index in [0.29, 0.717) is 12.4 Å². The zero-order valence-electron chi connectivity index (χ0n) is 44.5. The molecule has 13 N–H and O–H groups in total. The molecule has 0 aromatic heterocycles. The number of unbranched alkanes of at least 4 members (excludes halogenated alkanes) is 5. The zero-order chi connectivity index (χ0) is 57.4. The second-order valence-corrected chi connectivity index (χ2v) is 20.3. The number of allylic oxidation sites excluding steroid dienone is 2. The smallest absolute Gasteiger partial charge is 0.726 e. The maximum absolute atomic E-state index is 13.7. The fourth-order valence-corrected chi connectivity index (χ4v) is 9.63. The molecule has 0 spiro atoms. The number of amides is 4. The van der Waals surface area contributed by atoms with E-state index >= 15 is 0 Å². The SMILES string of the molecule is CCCCCC/C=C\CCCOc1ccc(C(=O)NC2[C@H](O[C@H]3C(O)C(NC(C)=O)[C@H](O[C@@H]4C(CO)O[C@@H](O[C@H]5C(O)C(NC(C)=O)[C@H](O)O[C@H]5COS(=O)(=O)[O-])C(NC(C)=O)[C@H]4O)O[C@H]3CO)OC(CO)[C@@H](O)[C@@H]2O)cc1.[Na+]. The fourth-order valence-electron chi connectivity index (χ4n) is 9.33. The Morgan fingerprint density at radius 1 is 0.582 bits per heavy atom. The van der Waals surface area contributed by atoms with Crippen molar-refractivity contribution in [3.8, 4) is 5.75 Å². The standard InChI is InChI=1S/C48H76N4O25S.Na/c1-5-6-7-8-9-10-11-12-13-18-69-27-16-14-26(15-17-27)44(64)52-33-37(60)36(59)28(19-53)72-46(33)75-41-29(20-54)73-47(34(39(41)62)50-24(3)57)76-42-30(21-55)74-48(35(40(42)63)51-25(4)58)77-43-31(22-70-78(66,67)68)71-45(65)32(38(43)61)49-23(2)56;/h10-11,14-17,28-43,45-48,53-55,59-63,65H,5-9,12-13,18-22H2,1-4H3,(H,49,56)(H,50,57)(H,51,58)(H,52,64)(H,66,67,68);/q;+1/p-1/b11-10-;/t28?,29-,30?,31-,32?,33?,34?,35?,36+,37+,38?,39?,40+,41+,42+,43+,45+,46-,47-,48-;/m0./s1. The molecule has 0 aliphatic carbocycles. The number of benzene rings is 1. The van der Waals surface area contributed by atoms with E-state index < -0.39 is 183 Å². The monoisotopic (exact) mass is 1160 g/mol. The Morgan fingerprint density at radius 2 is 1.03 bits per heavy atom. The molecule has 5 rings (SSSR count). The molecule has 8 unspecified atom stereocenters. The third-order valence-corrected chi connectivity index (χ3v) is 13.7. The Kier molecular flexibility index (Phi) is 28.3. The number of carbonyl (C=O) groups excluding carboxylic acids is 4. The predicted molar refractivity (Wildman–Crippen MR) is 262 cm³/mol. The molecule has 0 radical (unpaired) electrons. The van der Waals surface area contributed by atoms with Gasteiger partial charge in [0.25, 0.3) is 5.91 Å². The van der Waals surface area contributed by atoms with Gasteiger partial charge in [-0.2, -0.15) is 0 Å². The quantitative estimate of drug-likeness (QED) is 0.0128. The van der Waals surface area contributed by atoms with Crippen molar-refractivity contribution < 1.29 is 150 Å². The van der Waals surface area contributed by atoms with Gasteiger partial charge in [0, 0.05) is 26.3 Å². The molecule has 31 heteroatoms. The van der Waals surface area contributed by atoms with Gasteiger partial charge in [0.1, 0.15) is 103 Å². The Labute approximate surface area is 478 Å². The largest absolute Gasteiger partial charge is 1.00 e. The van der Waals surface area contributed by atoms with E-state index in [1.165, 1.54) is 31.4 Å². The Bertz CT molecular complexity index is 2210. The molecule has 20 atom stereocenters. The summed E-state index contributed by atoms with van der Waals surface area (Å²) in [5.74, 6) is -2.74. The van der Waals surface area contributed by atoms with Crippen LogP contribution in [0, 0.1) is 0 Å². The molecule has 4 saturated heterocycles. The molecule has 29 nitrogen and oxygen atoms in total. The van der Waals surface area contributed by atoms with Crippen molar-refractivity contribution in [2.45, 2.75) is 195 Å². The van der Waals surface area contributed by atoms with Crippen molar-refractivity contribution in [3.05, 3.63) is 42.0 Å². The topological polar surface area (TPSA) is 439 Å². The maximum Gasteiger partial charge on any atom is 1.00 e. The van der Waals surface area contributed by atoms with Crippen molar-refractivity contribution >= 4 is 34.0 Å². The van der Waals surface area contributed by atoms with Gasteiger partial charge < -0.3 is 110 Å². The summed E-state index contributed by atoms with van der Waals surface area (Å²) in [6.45, 7) is 1.58. The summed E-state index contributed by atoms with van der Waals surface area (Å²) in [5, 5.41) is 109. The van der Waals surface area contributed by atoms with Gasteiger partial charge in [-0.3, -0.25) is 23.4 Å². The molecule has 4 amide bonds. The van der Waals surface area contributed by atoms with Crippen molar-refractivity contribution in [1.29, 1.82) is 0 Å². The second-order valence-electron chi connectivity index (χ2n) is 19.2. The van der Waals surface area contributed by atoms with Gasteiger partial charge in [-0.15, -0.1) is 0 Å². The van der Waals surface area contributed by atoms with Crippen molar-refractivity contribution in [1.82, 2.24) is 21.3 Å². The predicted octanol–water partition coefficient (Wildman–Crippen LogP) is -7.71. The summed E-state index contributed by atoms with van der Waals surface area (Å²) in [6.07, 6.45) is -18.0. The van der Waals surface area contributed by atoms with Crippen LogP contribution < -0.4 is 55.6 Å². The first-order valence-corrected chi connectivity index (χ1v) is 26.9. The van der Waals surface area contributed by atoms with Crippen LogP contribution in [0.25, 0.3) is 0 Å². The van der Waals surface area contributed by atoms with Gasteiger partial charge in [0.05, 0.1) is 33.0 Å². The van der Waals surface area contributed by atoms with Gasteiger partial charge in [0.2, 0.25) is 28.1 Å². The molecule has 4 aliphatic rings. The summed E-state index contributed by atoms with van der Waals surface area (Å²) in [4.78, 5) is 50.9. The van der Waals surface area contributed by atoms with Crippen LogP contribution in [0.15, 0.2) is 36.4 Å². The number of aliphatic hydroxyl groups excluding tert-OH is 9. The van der Waals surface area contributed by atoms with E-state index in [4.69, 9.17) is 37.9 Å². The van der Waals surface area contributed by atoms with Crippen LogP contribution >= 0.6 is 0 Å². The fraction of sp³-hybridized carbons (Fsp3) is 0.750. The average molecular weight is 1160 g/mol. The molecule has 1 aromatic rings. The molecule has 79 heavy (non-hydrogen) atoms. The Balaban J connectivity index is 0.0000134. The van der Waals surface area contributed by atoms with Gasteiger partial charge in [-0.1, -0.05) is 38.3 Å². The van der Waals surface area contributed by atoms with Gasteiger partial charge in [0.15, 0.2) is 25.2 Å². The minimum atomic E-state index is -5.41. The third kappa shape index (κ3) is 19.5. The van der Waals surface area contributed by atoms with Crippen LogP contribution in [0.5, 0.6) is 5.75 Å². The summed E-state index contributed by atoms with van der Waals surface area (Å²) < 4.78 is 85.5. The third-order valence-electron chi connectivity index (χ3n) is 13.2. The van der Waals surface area contributed by atoms with Crippen LogP contribution in [0.1, 0.15) is 83.0 Å². The maximum atomic E-state index is 13.7. The minimum Gasteiger partial charge on any atom is -0.726 e. The zero-order valence-corrected chi connectivity index (χ0v) is 47.3. The molecule has 444 valence electrons. The van der Waals surface area contributed by atoms with E-state index in [0.717, 1.165) is 46.5 Å². The minimum absolute atomic E-state index is 0. The molecule has 0 bridgehead atoms. The number of nitrogens with one attached hydrogen (secondary N) is 4. The van der Waals surface area contributed by atoms with Gasteiger partial charge in [-0.25, -0.2) is 8.42 Å². The molecular formula is C48H75N4NaO25S. The molecule has 4 heterocycles. The first-order valence-electron chi connectivity index (χ1n) is 25.6. The molecule has 4 fully saturated rings. The number of carbonyl (C=O) groups is 4. The molecule has 1 aromatic carbocycles. The molecule has 4 aliphatic heterocycles. The number of hydrogen-bond donors (Lipinski definition) is 13. The van der Waals surface area contributed by atoms with E-state index in [9.17, 15) is 78.1 Å². The number of rotatable bonds is 27. The van der Waals surface area contributed by atoms with Crippen LogP contribution in [-0.2, 0) is 62.1 Å². The van der Waals surface area contributed by atoms with Gasteiger partial charge >= 0.3 is 29.6 Å². The van der Waals surface area contributed by atoms with Crippen LogP contribution in [0.4, 0.5) is 0 Å². The summed E-state index contributed by atoms with van der Waals surface area (Å²) in [6, 6.07) is -0.782. The second kappa shape index (κ2) is 32.6. The summed E-state index contributed by atoms with van der Waals surface area (Å²) >= 11 is 0. The first kappa shape index (κ1) is 68.4. The van der Waals surface area contributed by atoms with Crippen LogP contribution in [-0.4, -0.2) is 238 Å². The first-order chi connectivity index (χ1) is 37.0. The van der Waals surface area contributed by atoms with E-state index in [1.54, 1.807) is 12.1 Å². The van der Waals surface area contributed by atoms with Crippen molar-refractivity contribution in [2.75, 3.05) is 33.0 Å². The Hall–Kier alpha value is -3.13. The normalized spacial score (nSPS) is 35.0. The summed E-state index contributed by atoms with van der Waals surface area (Å²) in [7, 11) is -5.41. The van der Waals surface area contributed by atoms with Crippen LogP contribution in [0.2, 0.25) is 0 Å². The van der Waals surface area contributed by atoms with Gasteiger partial charge in [-0.05, 0) is 49.9 Å². The van der Waals surface area contributed by atoms with E-state index in [1.807, 2.05) is 0 Å². The van der Waals surface area contributed by atoms with Crippen molar-refractivity contribution in [3.63, 3.8) is 0 Å². The Morgan fingerprint density at radius 3 is 1.49 bits per heavy atom. The summed E-state index contributed by atoms with van der Waals surface area (Å²) in [5.41, 5.74) is 0.0787. The van der Waals surface area contributed by atoms with Crippen molar-refractivity contribution in [2.24, 2.45) is 0 Å². The van der Waals surface area contributed by atoms with E-state index in [2.05, 4.69) is 44.5 Å². The number of hydrogen-bond acceptors (Lipinski definition) is 25. The van der Waals surface area contributed by atoms with Crippen LogP contribution in [0.3, 0.4) is 0 Å². The number of ether oxygens (including phenoxy) is 8. The number of aliphatic hydroxyl groups is 9. The molecule has 0 saturated carbocycles. The average Bonchev–Trinajstić information content (AvgIpc) is 3.43. The molecular weight excluding hydrogens is 1090 g/mol. The van der Waals surface area contributed by atoms with E-state index in [-0.39, 0.29) is 35.1 Å².